The van der Waals surface area contributed by atoms with Crippen LogP contribution in [0.2, 0.25) is 0 Å². The number of hydrogen-bond donors (Lipinski definition) is 4. The van der Waals surface area contributed by atoms with Gasteiger partial charge in [0.25, 0.3) is 5.91 Å². The fourth-order valence-corrected chi connectivity index (χ4v) is 4.37. The van der Waals surface area contributed by atoms with Gasteiger partial charge in [0.2, 0.25) is 0 Å². The van der Waals surface area contributed by atoms with Crippen molar-refractivity contribution in [3.63, 3.8) is 0 Å². The van der Waals surface area contributed by atoms with Gasteiger partial charge in [-0.1, -0.05) is 79.7 Å². The third-order valence-electron chi connectivity index (χ3n) is 6.19. The molecule has 4 N–H and O–H groups in total. The summed E-state index contributed by atoms with van der Waals surface area (Å²) in [6.45, 7) is 1.97. The maximum Gasteiger partial charge on any atom is 0.412 e. The van der Waals surface area contributed by atoms with E-state index >= 15 is 0 Å². The Morgan fingerprint density at radius 1 is 0.917 bits per heavy atom. The number of anilines is 1. The molecule has 4 aromatic carbocycles. The number of carbonyl (C=O) groups is 2. The summed E-state index contributed by atoms with van der Waals surface area (Å²) >= 11 is 0. The fraction of sp³-hybridized carbons (Fsp3) is 0.172. The van der Waals surface area contributed by atoms with Gasteiger partial charge in [0.1, 0.15) is 11.9 Å². The van der Waals surface area contributed by atoms with Crippen LogP contribution in [-0.4, -0.2) is 22.3 Å². The number of fused-ring (bicyclic) bond motifs is 2. The first-order valence-electron chi connectivity index (χ1n) is 11.7. The van der Waals surface area contributed by atoms with Crippen molar-refractivity contribution in [2.75, 3.05) is 5.32 Å². The van der Waals surface area contributed by atoms with Gasteiger partial charge in [-0.05, 0) is 41.7 Å². The molecule has 0 spiro atoms. The first-order chi connectivity index (χ1) is 17.5. The van der Waals surface area contributed by atoms with Gasteiger partial charge in [-0.3, -0.25) is 15.3 Å². The number of allylic oxidation sites excluding steroid dienone is 1. The summed E-state index contributed by atoms with van der Waals surface area (Å²) in [5.74, 6) is -0.577. The molecule has 0 saturated carbocycles. The summed E-state index contributed by atoms with van der Waals surface area (Å²) < 4.78 is 6.02. The minimum atomic E-state index is -0.620. The zero-order chi connectivity index (χ0) is 25.5. The molecule has 0 radical (unpaired) electrons. The van der Waals surface area contributed by atoms with E-state index in [1.807, 2.05) is 73.7 Å². The van der Waals surface area contributed by atoms with Crippen LogP contribution in [0.15, 0.2) is 91.0 Å². The minimum Gasteiger partial charge on any atom is -0.507 e. The monoisotopic (exact) mass is 484 g/mol. The van der Waals surface area contributed by atoms with E-state index in [9.17, 15) is 14.7 Å². The van der Waals surface area contributed by atoms with Crippen molar-refractivity contribution in [3.05, 3.63) is 96.6 Å². The highest BCUT2D eigenvalue weighted by Gasteiger charge is 2.26. The molecule has 2 atom stereocenters. The number of aromatic hydroxyl groups is 1. The van der Waals surface area contributed by atoms with Crippen molar-refractivity contribution in [2.45, 2.75) is 25.9 Å². The Labute approximate surface area is 209 Å². The van der Waals surface area contributed by atoms with Gasteiger partial charge in [0, 0.05) is 22.4 Å². The van der Waals surface area contributed by atoms with Gasteiger partial charge >= 0.3 is 6.09 Å². The molecule has 0 aliphatic heterocycles. The molecule has 0 saturated heterocycles. The lowest BCUT2D eigenvalue weighted by atomic mass is 9.89. The molecular formula is C29H28N2O5. The number of amides is 2. The molecular weight excluding hydrogens is 456 g/mol. The number of nitrogens with one attached hydrogen (secondary N) is 2. The summed E-state index contributed by atoms with van der Waals surface area (Å²) in [6, 6.07) is 24.3. The topological polar surface area (TPSA) is 108 Å². The van der Waals surface area contributed by atoms with Crippen LogP contribution < -0.4 is 10.8 Å². The van der Waals surface area contributed by atoms with Gasteiger partial charge in [-0.25, -0.2) is 10.3 Å². The Balaban J connectivity index is 1.61. The molecule has 0 aliphatic rings. The van der Waals surface area contributed by atoms with Crippen LogP contribution in [0.3, 0.4) is 0 Å². The third-order valence-corrected chi connectivity index (χ3v) is 6.19. The van der Waals surface area contributed by atoms with Gasteiger partial charge in [0.05, 0.1) is 5.69 Å². The van der Waals surface area contributed by atoms with E-state index < -0.39 is 18.1 Å². The molecule has 4 aromatic rings. The number of phenolic OH excluding ortho intramolecular Hbond substituents is 1. The van der Waals surface area contributed by atoms with E-state index in [2.05, 4.69) is 5.32 Å². The highest BCUT2D eigenvalue weighted by Crippen LogP contribution is 2.37. The SMILES string of the molecule is C[C@@H](CC/C=C/C(=O)NO)[C@@H](OC(=O)Nc1cccc2ccccc12)c1ccc(O)c2ccccc12. The fourth-order valence-electron chi connectivity index (χ4n) is 4.37. The third kappa shape index (κ3) is 5.64. The molecule has 7 nitrogen and oxygen atoms in total. The van der Waals surface area contributed by atoms with Gasteiger partial charge in [-0.2, -0.15) is 0 Å². The predicted octanol–water partition coefficient (Wildman–Crippen LogP) is 6.47. The second-order valence-corrected chi connectivity index (χ2v) is 8.63. The highest BCUT2D eigenvalue weighted by atomic mass is 16.6. The smallest absolute Gasteiger partial charge is 0.412 e. The molecule has 184 valence electrons. The summed E-state index contributed by atoms with van der Waals surface area (Å²) in [5.41, 5.74) is 2.99. The van der Waals surface area contributed by atoms with Gasteiger partial charge in [-0.15, -0.1) is 0 Å². The zero-order valence-corrected chi connectivity index (χ0v) is 19.8. The number of rotatable bonds is 8. The first kappa shape index (κ1) is 24.8. The Morgan fingerprint density at radius 3 is 2.39 bits per heavy atom. The van der Waals surface area contributed by atoms with Gasteiger partial charge in [0.15, 0.2) is 0 Å². The first-order valence-corrected chi connectivity index (χ1v) is 11.7. The van der Waals surface area contributed by atoms with E-state index in [1.54, 1.807) is 23.7 Å². The van der Waals surface area contributed by atoms with Gasteiger partial charge < -0.3 is 9.84 Å². The Bertz CT molecular complexity index is 1410. The van der Waals surface area contributed by atoms with E-state index in [0.29, 0.717) is 23.9 Å². The van der Waals surface area contributed by atoms with Crippen molar-refractivity contribution >= 4 is 39.2 Å². The average Bonchev–Trinajstić information content (AvgIpc) is 2.90. The molecule has 0 fully saturated rings. The maximum absolute atomic E-state index is 13.1. The number of benzene rings is 4. The number of phenols is 1. The standard InChI is InChI=1S/C29H28N2O5/c1-19(9-2-7-16-27(33)31-35)28(24-17-18-26(32)23-14-6-5-13-22(23)24)36-29(34)30-25-15-8-11-20-10-3-4-12-21(20)25/h3-8,10-19,28,32,35H,2,9H2,1H3,(H,30,34)(H,31,33)/b16-7+/t19-,28+/m0/s1. The van der Waals surface area contributed by atoms with E-state index in [4.69, 9.17) is 9.94 Å². The number of hydrogen-bond acceptors (Lipinski definition) is 5. The van der Waals surface area contributed by atoms with E-state index in [0.717, 1.165) is 21.7 Å². The lowest BCUT2D eigenvalue weighted by molar-refractivity contribution is -0.124. The van der Waals surface area contributed by atoms with E-state index in [1.165, 1.54) is 6.08 Å². The molecule has 0 heterocycles. The summed E-state index contributed by atoms with van der Waals surface area (Å²) in [6.07, 6.45) is 2.85. The Hall–Kier alpha value is -4.36. The highest BCUT2D eigenvalue weighted by molar-refractivity contribution is 6.00. The largest absolute Gasteiger partial charge is 0.507 e. The maximum atomic E-state index is 13.1. The second kappa shape index (κ2) is 11.4. The number of hydroxylamine groups is 1. The molecule has 0 aliphatic carbocycles. The lowest BCUT2D eigenvalue weighted by Gasteiger charge is -2.26. The number of carbonyl (C=O) groups excluding carboxylic acids is 2. The normalized spacial score (nSPS) is 12.9. The van der Waals surface area contributed by atoms with Crippen LogP contribution in [0.1, 0.15) is 31.4 Å². The lowest BCUT2D eigenvalue weighted by Crippen LogP contribution is -2.22. The molecule has 0 bridgehead atoms. The summed E-state index contributed by atoms with van der Waals surface area (Å²) in [5, 5.41) is 25.3. The Morgan fingerprint density at radius 2 is 1.61 bits per heavy atom. The molecule has 0 unspecified atom stereocenters. The zero-order valence-electron chi connectivity index (χ0n) is 19.8. The van der Waals surface area contributed by atoms with Crippen molar-refractivity contribution < 1.29 is 24.6 Å². The quantitative estimate of drug-likeness (QED) is 0.130. The predicted molar refractivity (Wildman–Crippen MR) is 140 cm³/mol. The van der Waals surface area contributed by atoms with Crippen LogP contribution in [-0.2, 0) is 9.53 Å². The molecule has 2 amide bonds. The van der Waals surface area contributed by atoms with E-state index in [-0.39, 0.29) is 11.7 Å². The van der Waals surface area contributed by atoms with Crippen LogP contribution in [0, 0.1) is 5.92 Å². The van der Waals surface area contributed by atoms with Crippen molar-refractivity contribution in [1.29, 1.82) is 0 Å². The minimum absolute atomic E-state index is 0.127. The molecule has 0 aromatic heterocycles. The number of ether oxygens (including phenoxy) is 1. The second-order valence-electron chi connectivity index (χ2n) is 8.63. The van der Waals surface area contributed by atoms with Crippen molar-refractivity contribution in [3.8, 4) is 5.75 Å². The van der Waals surface area contributed by atoms with Crippen molar-refractivity contribution in [1.82, 2.24) is 5.48 Å². The van der Waals surface area contributed by atoms with Crippen LogP contribution in [0.4, 0.5) is 10.5 Å². The average molecular weight is 485 g/mol. The molecule has 4 rings (SSSR count). The molecule has 7 heteroatoms. The summed E-state index contributed by atoms with van der Waals surface area (Å²) in [4.78, 5) is 24.4. The van der Waals surface area contributed by atoms with Crippen LogP contribution in [0.25, 0.3) is 21.5 Å². The van der Waals surface area contributed by atoms with Crippen LogP contribution in [0.5, 0.6) is 5.75 Å². The Kier molecular flexibility index (Phi) is 7.82. The molecule has 36 heavy (non-hydrogen) atoms. The van der Waals surface area contributed by atoms with Crippen molar-refractivity contribution in [2.24, 2.45) is 5.92 Å². The van der Waals surface area contributed by atoms with Crippen LogP contribution >= 0.6 is 0 Å². The summed E-state index contributed by atoms with van der Waals surface area (Å²) in [7, 11) is 0.